The van der Waals surface area contributed by atoms with Gasteiger partial charge < -0.3 is 5.73 Å². The molecule has 0 aliphatic rings. The third kappa shape index (κ3) is 1.42. The van der Waals surface area contributed by atoms with Crippen LogP contribution in [0.5, 0.6) is 0 Å². The average Bonchev–Trinajstić information content (AvgIpc) is 1.94. The highest BCUT2D eigenvalue weighted by atomic mass is 19.3. The fourth-order valence-corrected chi connectivity index (χ4v) is 0.698. The van der Waals surface area contributed by atoms with Crippen molar-refractivity contribution in [2.45, 2.75) is 13.3 Å². The lowest BCUT2D eigenvalue weighted by Gasteiger charge is -2.03. The summed E-state index contributed by atoms with van der Waals surface area (Å²) in [7, 11) is 0. The van der Waals surface area contributed by atoms with Crippen molar-refractivity contribution in [1.82, 2.24) is 9.97 Å². The zero-order chi connectivity index (χ0) is 8.43. The maximum absolute atomic E-state index is 12.1. The van der Waals surface area contributed by atoms with Gasteiger partial charge in [-0.05, 0) is 6.92 Å². The first-order chi connectivity index (χ1) is 5.13. The van der Waals surface area contributed by atoms with Crippen molar-refractivity contribution >= 4 is 5.82 Å². The van der Waals surface area contributed by atoms with Crippen molar-refractivity contribution in [3.63, 3.8) is 0 Å². The van der Waals surface area contributed by atoms with Gasteiger partial charge >= 0.3 is 0 Å². The monoisotopic (exact) mass is 159 g/mol. The molecule has 1 rings (SSSR count). The molecule has 3 nitrogen and oxygen atoms in total. The van der Waals surface area contributed by atoms with Crippen LogP contribution in [0.15, 0.2) is 6.33 Å². The van der Waals surface area contributed by atoms with Crippen LogP contribution < -0.4 is 5.73 Å². The largest absolute Gasteiger partial charge is 0.383 e. The molecule has 0 fully saturated rings. The summed E-state index contributed by atoms with van der Waals surface area (Å²) in [5.74, 6) is 0.107. The number of anilines is 1. The van der Waals surface area contributed by atoms with Crippen LogP contribution in [-0.4, -0.2) is 9.97 Å². The van der Waals surface area contributed by atoms with Gasteiger partial charge in [-0.15, -0.1) is 0 Å². The summed E-state index contributed by atoms with van der Waals surface area (Å²) >= 11 is 0. The molecule has 0 unspecified atom stereocenters. The molecule has 5 heteroatoms. The Bertz CT molecular complexity index is 262. The van der Waals surface area contributed by atoms with Crippen LogP contribution >= 0.6 is 0 Å². The summed E-state index contributed by atoms with van der Waals surface area (Å²) in [6, 6.07) is 0. The second kappa shape index (κ2) is 2.77. The number of nitrogen functional groups attached to an aromatic ring is 1. The predicted molar refractivity (Wildman–Crippen MR) is 36.1 cm³/mol. The number of alkyl halides is 2. The number of aromatic nitrogens is 2. The van der Waals surface area contributed by atoms with Crippen molar-refractivity contribution in [3.05, 3.63) is 17.6 Å². The second-order valence-electron chi connectivity index (χ2n) is 2.07. The fraction of sp³-hybridized carbons (Fsp3) is 0.333. The Labute approximate surface area is 62.3 Å². The highest BCUT2D eigenvalue weighted by Crippen LogP contribution is 2.21. The molecule has 1 aromatic rings. The van der Waals surface area contributed by atoms with Crippen molar-refractivity contribution in [3.8, 4) is 0 Å². The summed E-state index contributed by atoms with van der Waals surface area (Å²) in [4.78, 5) is 6.95. The molecule has 1 heterocycles. The van der Waals surface area contributed by atoms with E-state index in [0.717, 1.165) is 6.33 Å². The van der Waals surface area contributed by atoms with Gasteiger partial charge in [0, 0.05) is 5.56 Å². The minimum atomic E-state index is -2.58. The number of nitrogens with two attached hydrogens (primary N) is 1. The Morgan fingerprint density at radius 3 is 2.55 bits per heavy atom. The Morgan fingerprint density at radius 2 is 2.09 bits per heavy atom. The van der Waals surface area contributed by atoms with Crippen LogP contribution in [0.2, 0.25) is 0 Å². The van der Waals surface area contributed by atoms with E-state index in [-0.39, 0.29) is 17.1 Å². The number of hydrogen-bond acceptors (Lipinski definition) is 3. The Balaban J connectivity index is 3.17. The standard InChI is InChI=1S/C6H7F2N3/c1-3-4(5(7)8)10-2-11-6(3)9/h2,5H,1H3,(H2,9,10,11). The second-order valence-corrected chi connectivity index (χ2v) is 2.07. The third-order valence-corrected chi connectivity index (χ3v) is 1.37. The van der Waals surface area contributed by atoms with E-state index in [1.165, 1.54) is 6.92 Å². The van der Waals surface area contributed by atoms with E-state index in [1.54, 1.807) is 0 Å². The first-order valence-electron chi connectivity index (χ1n) is 2.98. The molecule has 0 radical (unpaired) electrons. The Morgan fingerprint density at radius 1 is 1.45 bits per heavy atom. The number of nitrogens with zero attached hydrogens (tertiary/aromatic N) is 2. The van der Waals surface area contributed by atoms with Gasteiger partial charge in [0.2, 0.25) is 0 Å². The van der Waals surface area contributed by atoms with Gasteiger partial charge in [-0.25, -0.2) is 18.7 Å². The number of halogens is 2. The van der Waals surface area contributed by atoms with E-state index in [0.29, 0.717) is 0 Å². The minimum Gasteiger partial charge on any atom is -0.383 e. The lowest BCUT2D eigenvalue weighted by atomic mass is 10.2. The van der Waals surface area contributed by atoms with Crippen molar-refractivity contribution in [2.75, 3.05) is 5.73 Å². The molecule has 0 atom stereocenters. The van der Waals surface area contributed by atoms with E-state index in [1.807, 2.05) is 0 Å². The lowest BCUT2D eigenvalue weighted by Crippen LogP contribution is -2.01. The lowest BCUT2D eigenvalue weighted by molar-refractivity contribution is 0.145. The molecule has 0 saturated heterocycles. The summed E-state index contributed by atoms with van der Waals surface area (Å²) in [5, 5.41) is 0. The summed E-state index contributed by atoms with van der Waals surface area (Å²) < 4.78 is 24.1. The SMILES string of the molecule is Cc1c(N)ncnc1C(F)F. The summed E-state index contributed by atoms with van der Waals surface area (Å²) in [6.45, 7) is 1.47. The van der Waals surface area contributed by atoms with E-state index in [2.05, 4.69) is 9.97 Å². The van der Waals surface area contributed by atoms with E-state index in [9.17, 15) is 8.78 Å². The summed E-state index contributed by atoms with van der Waals surface area (Å²) in [5.41, 5.74) is 5.23. The van der Waals surface area contributed by atoms with Gasteiger partial charge in [-0.2, -0.15) is 0 Å². The van der Waals surface area contributed by atoms with Gasteiger partial charge in [0.1, 0.15) is 17.8 Å². The average molecular weight is 159 g/mol. The third-order valence-electron chi connectivity index (χ3n) is 1.37. The van der Waals surface area contributed by atoms with Crippen molar-refractivity contribution in [2.24, 2.45) is 0 Å². The van der Waals surface area contributed by atoms with Crippen LogP contribution in [0.1, 0.15) is 17.7 Å². The van der Waals surface area contributed by atoms with Gasteiger partial charge in [0.05, 0.1) is 0 Å². The van der Waals surface area contributed by atoms with Gasteiger partial charge in [0.25, 0.3) is 6.43 Å². The topological polar surface area (TPSA) is 51.8 Å². The first-order valence-corrected chi connectivity index (χ1v) is 2.98. The molecule has 0 aliphatic heterocycles. The highest BCUT2D eigenvalue weighted by Gasteiger charge is 2.13. The Hall–Kier alpha value is -1.26. The number of rotatable bonds is 1. The predicted octanol–water partition coefficient (Wildman–Crippen LogP) is 1.30. The van der Waals surface area contributed by atoms with Gasteiger partial charge in [0.15, 0.2) is 0 Å². The molecule has 1 aromatic heterocycles. The molecule has 60 valence electrons. The van der Waals surface area contributed by atoms with Crippen LogP contribution in [0.25, 0.3) is 0 Å². The van der Waals surface area contributed by atoms with E-state index in [4.69, 9.17) is 5.73 Å². The molecule has 0 saturated carbocycles. The van der Waals surface area contributed by atoms with Gasteiger partial charge in [-0.1, -0.05) is 0 Å². The fourth-order valence-electron chi connectivity index (χ4n) is 0.698. The van der Waals surface area contributed by atoms with Crippen LogP contribution in [0.3, 0.4) is 0 Å². The zero-order valence-corrected chi connectivity index (χ0v) is 5.88. The molecule has 11 heavy (non-hydrogen) atoms. The highest BCUT2D eigenvalue weighted by molar-refractivity contribution is 5.40. The molecular formula is C6H7F2N3. The number of hydrogen-bond donors (Lipinski definition) is 1. The van der Waals surface area contributed by atoms with Gasteiger partial charge in [-0.3, -0.25) is 0 Å². The van der Waals surface area contributed by atoms with Crippen LogP contribution in [-0.2, 0) is 0 Å². The van der Waals surface area contributed by atoms with Crippen LogP contribution in [0, 0.1) is 6.92 Å². The molecule has 0 spiro atoms. The van der Waals surface area contributed by atoms with Crippen LogP contribution in [0.4, 0.5) is 14.6 Å². The maximum atomic E-state index is 12.1. The molecule has 0 aromatic carbocycles. The normalized spacial score (nSPS) is 10.5. The smallest absolute Gasteiger partial charge is 0.280 e. The quantitative estimate of drug-likeness (QED) is 0.672. The minimum absolute atomic E-state index is 0.107. The molecule has 0 bridgehead atoms. The molecule has 0 aliphatic carbocycles. The Kier molecular flexibility index (Phi) is 1.98. The summed E-state index contributed by atoms with van der Waals surface area (Å²) in [6.07, 6.45) is -1.55. The van der Waals surface area contributed by atoms with Crippen molar-refractivity contribution in [1.29, 1.82) is 0 Å². The zero-order valence-electron chi connectivity index (χ0n) is 5.88. The van der Waals surface area contributed by atoms with Crippen molar-refractivity contribution < 1.29 is 8.78 Å². The van der Waals surface area contributed by atoms with E-state index < -0.39 is 6.43 Å². The molecule has 2 N–H and O–H groups in total. The van der Waals surface area contributed by atoms with E-state index >= 15 is 0 Å². The molecule has 0 amide bonds. The maximum Gasteiger partial charge on any atom is 0.280 e. The first kappa shape index (κ1) is 7.84. The molecular weight excluding hydrogens is 152 g/mol.